The van der Waals surface area contributed by atoms with Crippen LogP contribution in [-0.2, 0) is 9.59 Å². The van der Waals surface area contributed by atoms with Gasteiger partial charge in [-0.15, -0.1) is 0 Å². The fourth-order valence-corrected chi connectivity index (χ4v) is 2.20. The van der Waals surface area contributed by atoms with Gasteiger partial charge in [0.15, 0.2) is 6.04 Å². The number of hydrogen-bond acceptors (Lipinski definition) is 3. The van der Waals surface area contributed by atoms with E-state index in [4.69, 9.17) is 5.11 Å². The molecule has 1 aromatic carbocycles. The second-order valence-electron chi connectivity index (χ2n) is 4.92. The lowest BCUT2D eigenvalue weighted by Crippen LogP contribution is -2.48. The van der Waals surface area contributed by atoms with Gasteiger partial charge in [-0.3, -0.25) is 4.79 Å². The molecule has 1 saturated carbocycles. The monoisotopic (exact) mass is 263 g/mol. The molecule has 0 aliphatic heterocycles. The molecule has 0 heterocycles. The van der Waals surface area contributed by atoms with Crippen LogP contribution in [0.25, 0.3) is 0 Å². The van der Waals surface area contributed by atoms with Crippen LogP contribution in [0.2, 0.25) is 0 Å². The van der Waals surface area contributed by atoms with E-state index in [0.29, 0.717) is 0 Å². The van der Waals surface area contributed by atoms with E-state index in [1.807, 2.05) is 30.3 Å². The zero-order chi connectivity index (χ0) is 14.0. The molecular formula is C14H17NO4. The summed E-state index contributed by atoms with van der Waals surface area (Å²) in [6, 6.07) is 8.42. The highest BCUT2D eigenvalue weighted by Crippen LogP contribution is 2.47. The number of carbonyl (C=O) groups excluding carboxylic acids is 1. The molecular weight excluding hydrogens is 246 g/mol. The maximum absolute atomic E-state index is 11.9. The van der Waals surface area contributed by atoms with Crippen LogP contribution >= 0.6 is 0 Å². The van der Waals surface area contributed by atoms with Gasteiger partial charge in [0, 0.05) is 5.92 Å². The minimum absolute atomic E-state index is 0.157. The lowest BCUT2D eigenvalue weighted by atomic mass is 10.1. The second-order valence-corrected chi connectivity index (χ2v) is 4.92. The van der Waals surface area contributed by atoms with Gasteiger partial charge in [-0.2, -0.15) is 0 Å². The Kier molecular flexibility index (Phi) is 3.85. The largest absolute Gasteiger partial charge is 0.480 e. The smallest absolute Gasteiger partial charge is 0.328 e. The number of hydrogen-bond donors (Lipinski definition) is 3. The van der Waals surface area contributed by atoms with Crippen molar-refractivity contribution in [2.45, 2.75) is 31.4 Å². The van der Waals surface area contributed by atoms with E-state index in [1.54, 1.807) is 0 Å². The molecule has 0 aromatic heterocycles. The fraction of sp³-hybridized carbons (Fsp3) is 0.429. The van der Waals surface area contributed by atoms with Crippen LogP contribution < -0.4 is 5.32 Å². The van der Waals surface area contributed by atoms with Crippen molar-refractivity contribution in [2.75, 3.05) is 0 Å². The summed E-state index contributed by atoms with van der Waals surface area (Å²) in [6.45, 7) is 1.35. The Labute approximate surface area is 111 Å². The third-order valence-corrected chi connectivity index (χ3v) is 3.40. The molecule has 0 bridgehead atoms. The van der Waals surface area contributed by atoms with Gasteiger partial charge in [0.25, 0.3) is 0 Å². The first-order valence-electron chi connectivity index (χ1n) is 6.27. The molecule has 2 rings (SSSR count). The molecule has 1 aromatic rings. The fourth-order valence-electron chi connectivity index (χ4n) is 2.20. The summed E-state index contributed by atoms with van der Waals surface area (Å²) >= 11 is 0. The van der Waals surface area contributed by atoms with Crippen molar-refractivity contribution >= 4 is 11.9 Å². The molecule has 1 fully saturated rings. The molecule has 1 aliphatic rings. The van der Waals surface area contributed by atoms with Crippen molar-refractivity contribution < 1.29 is 19.8 Å². The lowest BCUT2D eigenvalue weighted by molar-refractivity contribution is -0.145. The van der Waals surface area contributed by atoms with Crippen molar-refractivity contribution in [3.05, 3.63) is 35.9 Å². The van der Waals surface area contributed by atoms with Gasteiger partial charge in [-0.25, -0.2) is 4.79 Å². The summed E-state index contributed by atoms with van der Waals surface area (Å²) in [7, 11) is 0. The Bertz CT molecular complexity index is 472. The maximum atomic E-state index is 11.9. The first-order valence-corrected chi connectivity index (χ1v) is 6.27. The minimum atomic E-state index is -1.25. The van der Waals surface area contributed by atoms with E-state index in [0.717, 1.165) is 12.0 Å². The van der Waals surface area contributed by atoms with Crippen molar-refractivity contribution in [2.24, 2.45) is 5.92 Å². The molecule has 4 atom stereocenters. The van der Waals surface area contributed by atoms with Gasteiger partial charge in [-0.1, -0.05) is 30.3 Å². The first kappa shape index (κ1) is 13.5. The minimum Gasteiger partial charge on any atom is -0.480 e. The average molecular weight is 263 g/mol. The predicted molar refractivity (Wildman–Crippen MR) is 68.5 cm³/mol. The second kappa shape index (κ2) is 5.40. The highest BCUT2D eigenvalue weighted by atomic mass is 16.4. The van der Waals surface area contributed by atoms with Gasteiger partial charge < -0.3 is 15.5 Å². The number of aliphatic hydroxyl groups excluding tert-OH is 1. The zero-order valence-corrected chi connectivity index (χ0v) is 10.6. The molecule has 5 nitrogen and oxygen atoms in total. The van der Waals surface area contributed by atoms with E-state index in [2.05, 4.69) is 5.32 Å². The normalized spacial score (nSPS) is 24.3. The Morgan fingerprint density at radius 3 is 2.47 bits per heavy atom. The summed E-state index contributed by atoms with van der Waals surface area (Å²) in [5.41, 5.74) is 1.09. The molecule has 0 saturated heterocycles. The van der Waals surface area contributed by atoms with E-state index >= 15 is 0 Å². The van der Waals surface area contributed by atoms with E-state index in [-0.39, 0.29) is 17.7 Å². The van der Waals surface area contributed by atoms with E-state index < -0.39 is 18.1 Å². The summed E-state index contributed by atoms with van der Waals surface area (Å²) in [6.07, 6.45) is -0.391. The number of benzene rings is 1. The number of amides is 1. The first-order chi connectivity index (χ1) is 9.00. The average Bonchev–Trinajstić information content (AvgIpc) is 3.16. The van der Waals surface area contributed by atoms with Crippen LogP contribution in [0.15, 0.2) is 30.3 Å². The maximum Gasteiger partial charge on any atom is 0.328 e. The molecule has 1 aliphatic carbocycles. The van der Waals surface area contributed by atoms with Gasteiger partial charge in [0.1, 0.15) is 0 Å². The summed E-state index contributed by atoms with van der Waals surface area (Å²) in [5, 5.41) is 20.6. The van der Waals surface area contributed by atoms with Crippen molar-refractivity contribution in [3.63, 3.8) is 0 Å². The van der Waals surface area contributed by atoms with Gasteiger partial charge >= 0.3 is 5.97 Å². The lowest BCUT2D eigenvalue weighted by Gasteiger charge is -2.17. The Hall–Kier alpha value is -1.88. The number of aliphatic hydroxyl groups is 1. The summed E-state index contributed by atoms with van der Waals surface area (Å²) < 4.78 is 0. The third-order valence-electron chi connectivity index (χ3n) is 3.40. The molecule has 1 amide bonds. The number of rotatable bonds is 5. The van der Waals surface area contributed by atoms with Crippen LogP contribution in [0.3, 0.4) is 0 Å². The van der Waals surface area contributed by atoms with Gasteiger partial charge in [-0.05, 0) is 24.8 Å². The van der Waals surface area contributed by atoms with Crippen molar-refractivity contribution in [1.29, 1.82) is 0 Å². The predicted octanol–water partition coefficient (Wildman–Crippen LogP) is 0.740. The Morgan fingerprint density at radius 2 is 1.95 bits per heavy atom. The van der Waals surface area contributed by atoms with Crippen LogP contribution in [0.1, 0.15) is 24.8 Å². The summed E-state index contributed by atoms with van der Waals surface area (Å²) in [4.78, 5) is 22.8. The third kappa shape index (κ3) is 3.12. The van der Waals surface area contributed by atoms with E-state index in [1.165, 1.54) is 6.92 Å². The van der Waals surface area contributed by atoms with Crippen molar-refractivity contribution in [3.8, 4) is 0 Å². The topological polar surface area (TPSA) is 86.6 Å². The van der Waals surface area contributed by atoms with E-state index in [9.17, 15) is 14.7 Å². The van der Waals surface area contributed by atoms with Crippen molar-refractivity contribution in [1.82, 2.24) is 5.32 Å². The number of carbonyl (C=O) groups is 2. The number of aliphatic carboxylic acids is 1. The number of nitrogens with one attached hydrogen (secondary N) is 1. The molecule has 102 valence electrons. The molecule has 5 heteroatoms. The van der Waals surface area contributed by atoms with Gasteiger partial charge in [0.2, 0.25) is 5.91 Å². The Balaban J connectivity index is 1.94. The summed E-state index contributed by atoms with van der Waals surface area (Å²) in [5.74, 6) is -1.56. The Morgan fingerprint density at radius 1 is 1.32 bits per heavy atom. The van der Waals surface area contributed by atoms with Crippen LogP contribution in [0, 0.1) is 5.92 Å². The van der Waals surface area contributed by atoms with Gasteiger partial charge in [0.05, 0.1) is 6.10 Å². The molecule has 0 spiro atoms. The molecule has 0 radical (unpaired) electrons. The highest BCUT2D eigenvalue weighted by molar-refractivity contribution is 5.87. The SMILES string of the molecule is CC(O)C(NC(=O)C1CC1c1ccccc1)C(=O)O. The van der Waals surface area contributed by atoms with Crippen LogP contribution in [0.5, 0.6) is 0 Å². The molecule has 19 heavy (non-hydrogen) atoms. The number of carboxylic acids is 1. The highest BCUT2D eigenvalue weighted by Gasteiger charge is 2.45. The van der Waals surface area contributed by atoms with Crippen LogP contribution in [0.4, 0.5) is 0 Å². The molecule has 4 unspecified atom stereocenters. The van der Waals surface area contributed by atoms with Crippen LogP contribution in [-0.4, -0.2) is 34.2 Å². The number of carboxylic acid groups (broad SMARTS) is 1. The quantitative estimate of drug-likeness (QED) is 0.731. The standard InChI is InChI=1S/C14H17NO4/c1-8(16)12(14(18)19)15-13(17)11-7-10(11)9-5-3-2-4-6-9/h2-6,8,10-12,16H,7H2,1H3,(H,15,17)(H,18,19). The zero-order valence-electron chi connectivity index (χ0n) is 10.6. The molecule has 3 N–H and O–H groups in total.